The molecule has 3 aliphatic rings. The Kier molecular flexibility index (Phi) is 3.88. The largest absolute Gasteiger partial charge is 0.342 e. The van der Waals surface area contributed by atoms with E-state index in [9.17, 15) is 9.59 Å². The van der Waals surface area contributed by atoms with Gasteiger partial charge in [0.2, 0.25) is 11.8 Å². The van der Waals surface area contributed by atoms with Crippen LogP contribution in [0, 0.1) is 11.8 Å². The molecule has 5 nitrogen and oxygen atoms in total. The van der Waals surface area contributed by atoms with E-state index < -0.39 is 0 Å². The zero-order valence-electron chi connectivity index (χ0n) is 13.9. The number of nitrogens with zero attached hydrogens (tertiary/aromatic N) is 2. The van der Waals surface area contributed by atoms with Crippen molar-refractivity contribution in [2.75, 3.05) is 26.2 Å². The van der Waals surface area contributed by atoms with Crippen molar-refractivity contribution in [1.82, 2.24) is 15.1 Å². The Morgan fingerprint density at radius 2 is 1.88 bits per heavy atom. The van der Waals surface area contributed by atoms with Crippen LogP contribution >= 0.6 is 0 Å². The van der Waals surface area contributed by atoms with Crippen LogP contribution in [0.5, 0.6) is 0 Å². The monoisotopic (exact) mass is 325 g/mol. The summed E-state index contributed by atoms with van der Waals surface area (Å²) in [5.41, 5.74) is 2.15. The topological polar surface area (TPSA) is 52.7 Å². The van der Waals surface area contributed by atoms with Crippen LogP contribution in [0.2, 0.25) is 0 Å². The Hall–Kier alpha value is -2.14. The van der Waals surface area contributed by atoms with Crippen LogP contribution in [-0.2, 0) is 9.59 Å². The average Bonchev–Trinajstić information content (AvgIpc) is 3.16. The molecular weight excluding hydrogens is 302 g/mol. The molecule has 1 N–H and O–H groups in total. The number of nitrogens with one attached hydrogen (secondary N) is 1. The van der Waals surface area contributed by atoms with Gasteiger partial charge in [0.25, 0.3) is 0 Å². The van der Waals surface area contributed by atoms with E-state index in [1.807, 2.05) is 41.4 Å². The highest BCUT2D eigenvalue weighted by Gasteiger charge is 2.39. The van der Waals surface area contributed by atoms with Crippen molar-refractivity contribution in [3.05, 3.63) is 41.6 Å². The van der Waals surface area contributed by atoms with Crippen LogP contribution in [0.4, 0.5) is 0 Å². The lowest BCUT2D eigenvalue weighted by Crippen LogP contribution is -2.37. The van der Waals surface area contributed by atoms with Crippen LogP contribution in [0.3, 0.4) is 0 Å². The van der Waals surface area contributed by atoms with E-state index in [-0.39, 0.29) is 17.9 Å². The molecule has 2 amide bonds. The molecule has 1 unspecified atom stereocenters. The van der Waals surface area contributed by atoms with Gasteiger partial charge in [0, 0.05) is 39.3 Å². The molecule has 0 saturated carbocycles. The fourth-order valence-electron chi connectivity index (χ4n) is 4.27. The quantitative estimate of drug-likeness (QED) is 0.899. The van der Waals surface area contributed by atoms with Crippen molar-refractivity contribution >= 4 is 17.9 Å². The second kappa shape index (κ2) is 6.06. The molecule has 0 spiro atoms. The number of fused-ring (bicyclic) bond motifs is 2. The van der Waals surface area contributed by atoms with E-state index in [1.54, 1.807) is 11.8 Å². The lowest BCUT2D eigenvalue weighted by atomic mass is 9.93. The van der Waals surface area contributed by atoms with Gasteiger partial charge >= 0.3 is 0 Å². The minimum absolute atomic E-state index is 0.0268. The second-order valence-corrected chi connectivity index (χ2v) is 7.07. The SMILES string of the molecule is CC(=O)N1C=Cc2ccccc2C1CC(=O)N1C[C@H]2CNC[C@H]2C1. The molecule has 5 heteroatoms. The fourth-order valence-corrected chi connectivity index (χ4v) is 4.27. The van der Waals surface area contributed by atoms with Gasteiger partial charge in [-0.15, -0.1) is 0 Å². The van der Waals surface area contributed by atoms with E-state index in [0.29, 0.717) is 18.3 Å². The van der Waals surface area contributed by atoms with Crippen molar-refractivity contribution in [3.8, 4) is 0 Å². The summed E-state index contributed by atoms with van der Waals surface area (Å²) in [4.78, 5) is 28.6. The van der Waals surface area contributed by atoms with Crippen LogP contribution in [0.25, 0.3) is 6.08 Å². The molecule has 0 aliphatic carbocycles. The van der Waals surface area contributed by atoms with Crippen molar-refractivity contribution in [1.29, 1.82) is 0 Å². The predicted octanol–water partition coefficient (Wildman–Crippen LogP) is 1.63. The Labute approximate surface area is 142 Å². The first-order valence-electron chi connectivity index (χ1n) is 8.68. The molecule has 0 aromatic heterocycles. The van der Waals surface area contributed by atoms with E-state index in [1.165, 1.54) is 0 Å². The zero-order chi connectivity index (χ0) is 16.7. The maximum Gasteiger partial charge on any atom is 0.225 e. The first kappa shape index (κ1) is 15.4. The van der Waals surface area contributed by atoms with E-state index >= 15 is 0 Å². The number of hydrogen-bond donors (Lipinski definition) is 1. The zero-order valence-corrected chi connectivity index (χ0v) is 13.9. The summed E-state index contributed by atoms with van der Waals surface area (Å²) in [5.74, 6) is 1.32. The molecule has 4 rings (SSSR count). The summed E-state index contributed by atoms with van der Waals surface area (Å²) in [6, 6.07) is 7.82. The summed E-state index contributed by atoms with van der Waals surface area (Å²) in [6.07, 6.45) is 4.11. The highest BCUT2D eigenvalue weighted by atomic mass is 16.2. The average molecular weight is 325 g/mol. The number of benzene rings is 1. The van der Waals surface area contributed by atoms with E-state index in [0.717, 1.165) is 37.3 Å². The summed E-state index contributed by atoms with van der Waals surface area (Å²) in [6.45, 7) is 5.29. The Morgan fingerprint density at radius 1 is 1.17 bits per heavy atom. The summed E-state index contributed by atoms with van der Waals surface area (Å²) in [7, 11) is 0. The van der Waals surface area contributed by atoms with Gasteiger partial charge in [-0.25, -0.2) is 0 Å². The fraction of sp³-hybridized carbons (Fsp3) is 0.474. The molecule has 1 aromatic carbocycles. The Bertz CT molecular complexity index is 688. The molecule has 3 atom stereocenters. The lowest BCUT2D eigenvalue weighted by Gasteiger charge is -2.33. The second-order valence-electron chi connectivity index (χ2n) is 7.07. The maximum absolute atomic E-state index is 12.9. The number of amides is 2. The Morgan fingerprint density at radius 3 is 2.58 bits per heavy atom. The van der Waals surface area contributed by atoms with Crippen molar-refractivity contribution in [3.63, 3.8) is 0 Å². The number of carbonyl (C=O) groups is 2. The standard InChI is InChI=1S/C19H23N3O2/c1-13(23)22-7-6-14-4-2-3-5-17(14)18(22)8-19(24)21-11-15-9-20-10-16(15)12-21/h2-7,15-16,18,20H,8-12H2,1H3/t15-,16+,18?. The van der Waals surface area contributed by atoms with Gasteiger partial charge in [-0.1, -0.05) is 24.3 Å². The van der Waals surface area contributed by atoms with E-state index in [4.69, 9.17) is 0 Å². The number of likely N-dealkylation sites (tertiary alicyclic amines) is 1. The van der Waals surface area contributed by atoms with Crippen LogP contribution < -0.4 is 5.32 Å². The number of carbonyl (C=O) groups excluding carboxylic acids is 2. The predicted molar refractivity (Wildman–Crippen MR) is 91.8 cm³/mol. The third-order valence-electron chi connectivity index (χ3n) is 5.58. The number of rotatable bonds is 2. The van der Waals surface area contributed by atoms with Gasteiger partial charge in [0.05, 0.1) is 12.5 Å². The molecular formula is C19H23N3O2. The molecule has 2 fully saturated rings. The highest BCUT2D eigenvalue weighted by molar-refractivity contribution is 5.82. The molecule has 0 bridgehead atoms. The molecule has 2 saturated heterocycles. The molecule has 126 valence electrons. The normalized spacial score (nSPS) is 28.0. The third kappa shape index (κ3) is 2.63. The van der Waals surface area contributed by atoms with Crippen LogP contribution in [-0.4, -0.2) is 47.8 Å². The molecule has 0 radical (unpaired) electrons. The van der Waals surface area contributed by atoms with E-state index in [2.05, 4.69) is 5.32 Å². The van der Waals surface area contributed by atoms with Gasteiger partial charge in [-0.2, -0.15) is 0 Å². The summed E-state index contributed by atoms with van der Waals surface area (Å²) in [5, 5.41) is 3.40. The van der Waals surface area contributed by atoms with Crippen LogP contribution in [0.15, 0.2) is 30.5 Å². The lowest BCUT2D eigenvalue weighted by molar-refractivity contribution is -0.134. The minimum Gasteiger partial charge on any atom is -0.342 e. The summed E-state index contributed by atoms with van der Waals surface area (Å²) >= 11 is 0. The molecule has 3 aliphatic heterocycles. The van der Waals surface area contributed by atoms with Gasteiger partial charge in [-0.05, 0) is 29.0 Å². The first-order valence-corrected chi connectivity index (χ1v) is 8.68. The third-order valence-corrected chi connectivity index (χ3v) is 5.58. The van der Waals surface area contributed by atoms with Crippen molar-refractivity contribution in [2.45, 2.75) is 19.4 Å². The van der Waals surface area contributed by atoms with Crippen LogP contribution in [0.1, 0.15) is 30.5 Å². The van der Waals surface area contributed by atoms with Crippen molar-refractivity contribution in [2.24, 2.45) is 11.8 Å². The Balaban J connectivity index is 1.54. The number of hydrogen-bond acceptors (Lipinski definition) is 3. The molecule has 3 heterocycles. The van der Waals surface area contributed by atoms with Gasteiger partial charge in [0.15, 0.2) is 0 Å². The molecule has 24 heavy (non-hydrogen) atoms. The smallest absolute Gasteiger partial charge is 0.225 e. The maximum atomic E-state index is 12.9. The minimum atomic E-state index is -0.199. The van der Waals surface area contributed by atoms with Gasteiger partial charge in [-0.3, -0.25) is 9.59 Å². The van der Waals surface area contributed by atoms with Gasteiger partial charge < -0.3 is 15.1 Å². The first-order chi connectivity index (χ1) is 11.6. The van der Waals surface area contributed by atoms with Crippen molar-refractivity contribution < 1.29 is 9.59 Å². The summed E-state index contributed by atoms with van der Waals surface area (Å²) < 4.78 is 0. The molecule has 1 aromatic rings. The van der Waals surface area contributed by atoms with Gasteiger partial charge in [0.1, 0.15) is 0 Å². The highest BCUT2D eigenvalue weighted by Crippen LogP contribution is 2.34.